The van der Waals surface area contributed by atoms with Gasteiger partial charge in [-0.3, -0.25) is 4.79 Å². The number of carboxylic acids is 1. The summed E-state index contributed by atoms with van der Waals surface area (Å²) in [6.45, 7) is 1.99. The minimum Gasteiger partial charge on any atom is -0.481 e. The highest BCUT2D eigenvalue weighted by Gasteiger charge is 2.38. The van der Waals surface area contributed by atoms with Crippen LogP contribution in [0.2, 0.25) is 0 Å². The standard InChI is InChI=1S/C11H19F3O3/c1-2-3-4-5-6-9(15)8(10(16)17)7-11(12,13)14/h8-9,15H,2-7H2,1H3,(H,16,17)/t8-,9-/m1/s1. The molecule has 0 fully saturated rings. The van der Waals surface area contributed by atoms with Crippen molar-refractivity contribution < 1.29 is 28.2 Å². The molecule has 0 saturated heterocycles. The van der Waals surface area contributed by atoms with Gasteiger partial charge in [-0.1, -0.05) is 32.6 Å². The van der Waals surface area contributed by atoms with Gasteiger partial charge in [0.05, 0.1) is 18.4 Å². The van der Waals surface area contributed by atoms with Crippen LogP contribution >= 0.6 is 0 Å². The third kappa shape index (κ3) is 8.01. The smallest absolute Gasteiger partial charge is 0.390 e. The lowest BCUT2D eigenvalue weighted by atomic mass is 9.94. The number of hydrogen-bond donors (Lipinski definition) is 2. The lowest BCUT2D eigenvalue weighted by molar-refractivity contribution is -0.172. The van der Waals surface area contributed by atoms with Crippen molar-refractivity contribution in [2.75, 3.05) is 0 Å². The number of halogens is 3. The quantitative estimate of drug-likeness (QED) is 0.656. The zero-order valence-electron chi connectivity index (χ0n) is 9.83. The van der Waals surface area contributed by atoms with Crippen molar-refractivity contribution in [3.05, 3.63) is 0 Å². The molecule has 0 radical (unpaired) electrons. The minimum absolute atomic E-state index is 0.104. The van der Waals surface area contributed by atoms with Crippen molar-refractivity contribution >= 4 is 5.97 Å². The first kappa shape index (κ1) is 16.2. The lowest BCUT2D eigenvalue weighted by Crippen LogP contribution is -2.32. The molecule has 102 valence electrons. The molecule has 0 spiro atoms. The number of aliphatic hydroxyl groups excluding tert-OH is 1. The molecule has 0 saturated carbocycles. The van der Waals surface area contributed by atoms with Gasteiger partial charge in [0, 0.05) is 0 Å². The van der Waals surface area contributed by atoms with Crippen LogP contribution in [0.1, 0.15) is 45.4 Å². The summed E-state index contributed by atoms with van der Waals surface area (Å²) in [5.41, 5.74) is 0. The van der Waals surface area contributed by atoms with Crippen LogP contribution in [-0.4, -0.2) is 28.5 Å². The number of carbonyl (C=O) groups is 1. The molecule has 0 bridgehead atoms. The summed E-state index contributed by atoms with van der Waals surface area (Å²) in [6, 6.07) is 0. The van der Waals surface area contributed by atoms with Gasteiger partial charge in [0.25, 0.3) is 0 Å². The molecule has 0 aromatic heterocycles. The van der Waals surface area contributed by atoms with Gasteiger partial charge in [0.15, 0.2) is 0 Å². The maximum atomic E-state index is 12.1. The molecule has 2 atom stereocenters. The Morgan fingerprint density at radius 2 is 1.82 bits per heavy atom. The third-order valence-electron chi connectivity index (χ3n) is 2.59. The molecule has 0 aliphatic heterocycles. The van der Waals surface area contributed by atoms with Gasteiger partial charge in [0.2, 0.25) is 0 Å². The van der Waals surface area contributed by atoms with Gasteiger partial charge >= 0.3 is 12.1 Å². The number of rotatable bonds is 8. The van der Waals surface area contributed by atoms with E-state index in [0.717, 1.165) is 19.3 Å². The molecule has 0 heterocycles. The lowest BCUT2D eigenvalue weighted by Gasteiger charge is -2.20. The highest BCUT2D eigenvalue weighted by Crippen LogP contribution is 2.28. The highest BCUT2D eigenvalue weighted by molar-refractivity contribution is 5.70. The molecular formula is C11H19F3O3. The first-order valence-corrected chi connectivity index (χ1v) is 5.75. The van der Waals surface area contributed by atoms with Gasteiger partial charge in [-0.15, -0.1) is 0 Å². The Bertz CT molecular complexity index is 228. The average molecular weight is 256 g/mol. The van der Waals surface area contributed by atoms with Crippen LogP contribution in [0.15, 0.2) is 0 Å². The van der Waals surface area contributed by atoms with Gasteiger partial charge < -0.3 is 10.2 Å². The summed E-state index contributed by atoms with van der Waals surface area (Å²) in [4.78, 5) is 10.6. The van der Waals surface area contributed by atoms with Crippen molar-refractivity contribution in [3.63, 3.8) is 0 Å². The van der Waals surface area contributed by atoms with Gasteiger partial charge in [0.1, 0.15) is 0 Å². The van der Waals surface area contributed by atoms with E-state index in [1.165, 1.54) is 0 Å². The van der Waals surface area contributed by atoms with Crippen LogP contribution in [0.3, 0.4) is 0 Å². The van der Waals surface area contributed by atoms with E-state index in [-0.39, 0.29) is 6.42 Å². The predicted molar refractivity (Wildman–Crippen MR) is 56.6 cm³/mol. The Hall–Kier alpha value is -0.780. The summed E-state index contributed by atoms with van der Waals surface area (Å²) in [5.74, 6) is -3.35. The molecular weight excluding hydrogens is 237 g/mol. The molecule has 0 unspecified atom stereocenters. The minimum atomic E-state index is -4.56. The molecule has 0 aliphatic carbocycles. The Labute approximate surface area is 98.6 Å². The van der Waals surface area contributed by atoms with Crippen molar-refractivity contribution in [2.45, 2.75) is 57.7 Å². The second-order valence-corrected chi connectivity index (χ2v) is 4.18. The molecule has 17 heavy (non-hydrogen) atoms. The Kier molecular flexibility index (Phi) is 7.18. The third-order valence-corrected chi connectivity index (χ3v) is 2.59. The molecule has 0 aliphatic rings. The summed E-state index contributed by atoms with van der Waals surface area (Å²) in [6.07, 6.45) is -4.10. The number of alkyl halides is 3. The topological polar surface area (TPSA) is 57.5 Å². The van der Waals surface area contributed by atoms with Crippen molar-refractivity contribution in [3.8, 4) is 0 Å². The molecule has 0 amide bonds. The number of aliphatic hydroxyl groups is 1. The predicted octanol–water partition coefficient (Wildman–Crippen LogP) is 2.97. The van der Waals surface area contributed by atoms with Crippen LogP contribution in [-0.2, 0) is 4.79 Å². The van der Waals surface area contributed by atoms with E-state index in [9.17, 15) is 23.1 Å². The Morgan fingerprint density at radius 3 is 2.24 bits per heavy atom. The Morgan fingerprint density at radius 1 is 1.24 bits per heavy atom. The van der Waals surface area contributed by atoms with E-state index in [2.05, 4.69) is 0 Å². The summed E-state index contributed by atoms with van der Waals surface area (Å²) in [7, 11) is 0. The molecule has 0 aromatic rings. The van der Waals surface area contributed by atoms with Gasteiger partial charge in [-0.05, 0) is 6.42 Å². The van der Waals surface area contributed by atoms with E-state index in [1.807, 2.05) is 6.92 Å². The number of carboxylic acid groups (broad SMARTS) is 1. The maximum absolute atomic E-state index is 12.1. The van der Waals surface area contributed by atoms with Crippen molar-refractivity contribution in [2.24, 2.45) is 5.92 Å². The van der Waals surface area contributed by atoms with E-state index < -0.39 is 30.6 Å². The van der Waals surface area contributed by atoms with Crippen LogP contribution in [0.25, 0.3) is 0 Å². The fraction of sp³-hybridized carbons (Fsp3) is 0.909. The Balaban J connectivity index is 4.16. The zero-order chi connectivity index (χ0) is 13.5. The van der Waals surface area contributed by atoms with E-state index in [1.54, 1.807) is 0 Å². The summed E-state index contributed by atoms with van der Waals surface area (Å²) in [5, 5.41) is 18.1. The highest BCUT2D eigenvalue weighted by atomic mass is 19.4. The van der Waals surface area contributed by atoms with Crippen LogP contribution < -0.4 is 0 Å². The fourth-order valence-corrected chi connectivity index (χ4v) is 1.62. The molecule has 2 N–H and O–H groups in total. The molecule has 0 rings (SSSR count). The van der Waals surface area contributed by atoms with Crippen molar-refractivity contribution in [1.29, 1.82) is 0 Å². The average Bonchev–Trinajstić information content (AvgIpc) is 2.19. The normalized spacial score (nSPS) is 15.6. The van der Waals surface area contributed by atoms with E-state index in [4.69, 9.17) is 5.11 Å². The molecule has 6 heteroatoms. The van der Waals surface area contributed by atoms with E-state index in [0.29, 0.717) is 6.42 Å². The first-order valence-electron chi connectivity index (χ1n) is 5.75. The molecule has 3 nitrogen and oxygen atoms in total. The van der Waals surface area contributed by atoms with Crippen molar-refractivity contribution in [1.82, 2.24) is 0 Å². The molecule has 0 aromatic carbocycles. The zero-order valence-corrected chi connectivity index (χ0v) is 9.83. The number of unbranched alkanes of at least 4 members (excludes halogenated alkanes) is 3. The fourth-order valence-electron chi connectivity index (χ4n) is 1.62. The van der Waals surface area contributed by atoms with Crippen LogP contribution in [0.5, 0.6) is 0 Å². The van der Waals surface area contributed by atoms with Gasteiger partial charge in [-0.2, -0.15) is 13.2 Å². The largest absolute Gasteiger partial charge is 0.481 e. The van der Waals surface area contributed by atoms with Gasteiger partial charge in [-0.25, -0.2) is 0 Å². The van der Waals surface area contributed by atoms with E-state index >= 15 is 0 Å². The second kappa shape index (κ2) is 7.53. The first-order chi connectivity index (χ1) is 7.78. The van der Waals surface area contributed by atoms with Crippen LogP contribution in [0, 0.1) is 5.92 Å². The summed E-state index contributed by atoms with van der Waals surface area (Å²) < 4.78 is 36.3. The number of aliphatic carboxylic acids is 1. The SMILES string of the molecule is CCCCCC[C@@H](O)[C@@H](CC(F)(F)F)C(=O)O. The maximum Gasteiger partial charge on any atom is 0.390 e. The number of hydrogen-bond acceptors (Lipinski definition) is 2. The summed E-state index contributed by atoms with van der Waals surface area (Å²) >= 11 is 0. The second-order valence-electron chi connectivity index (χ2n) is 4.18. The van der Waals surface area contributed by atoms with Crippen LogP contribution in [0.4, 0.5) is 13.2 Å². The monoisotopic (exact) mass is 256 g/mol.